The van der Waals surface area contributed by atoms with E-state index in [4.69, 9.17) is 28.9 Å². The number of thiocarbonyl (C=S) groups is 1. The molecule has 1 aromatic carbocycles. The van der Waals surface area contributed by atoms with Gasteiger partial charge in [0.25, 0.3) is 0 Å². The van der Waals surface area contributed by atoms with Gasteiger partial charge in [0.2, 0.25) is 11.5 Å². The molecule has 2 aromatic rings. The van der Waals surface area contributed by atoms with Crippen molar-refractivity contribution in [1.29, 1.82) is 0 Å². The van der Waals surface area contributed by atoms with Gasteiger partial charge in [-0.1, -0.05) is 35.4 Å². The molecule has 0 spiro atoms. The fourth-order valence-electron chi connectivity index (χ4n) is 2.04. The predicted octanol–water partition coefficient (Wildman–Crippen LogP) is 4.87. The molecule has 0 fully saturated rings. The van der Waals surface area contributed by atoms with Crippen LogP contribution in [0.4, 0.5) is 32.2 Å². The third kappa shape index (κ3) is 4.25. The number of anilines is 1. The second-order valence-corrected chi connectivity index (χ2v) is 6.31. The smallest absolute Gasteiger partial charge is 0.383 e. The summed E-state index contributed by atoms with van der Waals surface area (Å²) >= 11 is 15.7. The molecule has 0 aliphatic carbocycles. The summed E-state index contributed by atoms with van der Waals surface area (Å²) in [6, 6.07) is 0.903. The molecule has 27 heavy (non-hydrogen) atoms. The minimum absolute atomic E-state index is 0.389. The van der Waals surface area contributed by atoms with Crippen molar-refractivity contribution in [3.8, 4) is 5.69 Å². The topological polar surface area (TPSA) is 73.3 Å². The van der Waals surface area contributed by atoms with Crippen LogP contribution in [0.25, 0.3) is 5.69 Å². The average Bonchev–Trinajstić information content (AvgIpc) is 2.83. The monoisotopic (exact) mass is 468 g/mol. The molecule has 146 valence electrons. The minimum atomic E-state index is -5.06. The summed E-state index contributed by atoms with van der Waals surface area (Å²) in [6.45, 7) is 0. The third-order valence-corrected chi connectivity index (χ3v) is 4.32. The van der Waals surface area contributed by atoms with E-state index in [9.17, 15) is 30.6 Å². The first-order chi connectivity index (χ1) is 12.3. The van der Waals surface area contributed by atoms with Crippen molar-refractivity contribution >= 4 is 57.7 Å². The number of hydrogen-bond acceptors (Lipinski definition) is 4. The van der Waals surface area contributed by atoms with Gasteiger partial charge >= 0.3 is 12.4 Å². The van der Waals surface area contributed by atoms with Gasteiger partial charge in [-0.15, -0.1) is 4.36 Å². The lowest BCUT2D eigenvalue weighted by Crippen LogP contribution is -2.13. The number of benzene rings is 1. The number of nitrogens with two attached hydrogens (primary N) is 1. The molecule has 0 amide bonds. The summed E-state index contributed by atoms with van der Waals surface area (Å²) in [5.41, 5.74) is 1.22. The maximum absolute atomic E-state index is 13.3. The summed E-state index contributed by atoms with van der Waals surface area (Å²) < 4.78 is 92.3. The number of nitrogen functional groups attached to an aromatic ring is 1. The van der Waals surface area contributed by atoms with Gasteiger partial charge in [-0.3, -0.25) is 0 Å². The van der Waals surface area contributed by atoms with Crippen LogP contribution in [0.2, 0.25) is 10.0 Å². The zero-order valence-electron chi connectivity index (χ0n) is 12.3. The SMILES string of the molecule is Nc1c(C(F)(F)F)c(C(=S)N=S=O)nn1-c1c(Cl)cc(C(F)(F)F)cc1Cl. The van der Waals surface area contributed by atoms with E-state index in [1.165, 1.54) is 0 Å². The summed E-state index contributed by atoms with van der Waals surface area (Å²) in [5, 5.41) is 2.19. The Morgan fingerprint density at radius 2 is 1.67 bits per heavy atom. The Labute approximate surface area is 165 Å². The molecule has 15 heteroatoms. The Balaban J connectivity index is 2.81. The molecule has 0 saturated carbocycles. The summed E-state index contributed by atoms with van der Waals surface area (Å²) in [7, 11) is 0. The average molecular weight is 469 g/mol. The molecule has 0 bridgehead atoms. The Bertz CT molecular complexity index is 958. The highest BCUT2D eigenvalue weighted by Crippen LogP contribution is 2.42. The molecular formula is C12H4Cl2F6N4OS2. The Morgan fingerprint density at radius 1 is 1.15 bits per heavy atom. The summed E-state index contributed by atoms with van der Waals surface area (Å²) in [5.74, 6) is -1.05. The molecular weight excluding hydrogens is 465 g/mol. The number of alkyl halides is 6. The first kappa shape index (κ1) is 21.6. The highest BCUT2D eigenvalue weighted by Gasteiger charge is 2.41. The van der Waals surface area contributed by atoms with E-state index in [1.54, 1.807) is 0 Å². The quantitative estimate of drug-likeness (QED) is 0.503. The van der Waals surface area contributed by atoms with E-state index in [1.807, 2.05) is 0 Å². The van der Waals surface area contributed by atoms with Gasteiger partial charge in [0.15, 0.2) is 4.99 Å². The summed E-state index contributed by atoms with van der Waals surface area (Å²) in [6.07, 6.45) is -9.86. The predicted molar refractivity (Wildman–Crippen MR) is 90.3 cm³/mol. The van der Waals surface area contributed by atoms with E-state index >= 15 is 0 Å². The van der Waals surface area contributed by atoms with Crippen LogP contribution in [0, 0.1) is 0 Å². The van der Waals surface area contributed by atoms with Crippen molar-refractivity contribution in [3.05, 3.63) is 39.0 Å². The molecule has 0 unspecified atom stereocenters. The molecule has 0 radical (unpaired) electrons. The Hall–Kier alpha value is -1.70. The molecule has 2 rings (SSSR count). The second kappa shape index (κ2) is 7.37. The van der Waals surface area contributed by atoms with E-state index in [0.29, 0.717) is 16.8 Å². The lowest BCUT2D eigenvalue weighted by molar-refractivity contribution is -0.138. The molecule has 1 aromatic heterocycles. The Morgan fingerprint density at radius 3 is 2.07 bits per heavy atom. The minimum Gasteiger partial charge on any atom is -0.383 e. The fourth-order valence-corrected chi connectivity index (χ4v) is 3.07. The van der Waals surface area contributed by atoms with Crippen LogP contribution in [0.5, 0.6) is 0 Å². The van der Waals surface area contributed by atoms with Crippen LogP contribution in [0.3, 0.4) is 0 Å². The van der Waals surface area contributed by atoms with Crippen molar-refractivity contribution < 1.29 is 30.6 Å². The van der Waals surface area contributed by atoms with Crippen molar-refractivity contribution in [1.82, 2.24) is 9.78 Å². The van der Waals surface area contributed by atoms with Crippen LogP contribution in [0.15, 0.2) is 16.5 Å². The number of nitrogens with zero attached hydrogens (tertiary/aromatic N) is 3. The van der Waals surface area contributed by atoms with Gasteiger partial charge in [-0.05, 0) is 12.1 Å². The van der Waals surface area contributed by atoms with Crippen LogP contribution < -0.4 is 5.73 Å². The van der Waals surface area contributed by atoms with Gasteiger partial charge in [0.1, 0.15) is 22.8 Å². The number of hydrogen-bond donors (Lipinski definition) is 1. The zero-order chi connectivity index (χ0) is 20.7. The van der Waals surface area contributed by atoms with Gasteiger partial charge in [-0.25, -0.2) is 4.68 Å². The maximum atomic E-state index is 13.3. The molecule has 2 N–H and O–H groups in total. The van der Waals surface area contributed by atoms with Gasteiger partial charge in [0.05, 0.1) is 15.6 Å². The highest BCUT2D eigenvalue weighted by molar-refractivity contribution is 7.81. The highest BCUT2D eigenvalue weighted by atomic mass is 35.5. The van der Waals surface area contributed by atoms with E-state index < -0.39 is 67.2 Å². The largest absolute Gasteiger partial charge is 0.422 e. The summed E-state index contributed by atoms with van der Waals surface area (Å²) in [4.78, 5) is -0.813. The molecule has 1 heterocycles. The van der Waals surface area contributed by atoms with Crippen molar-refractivity contribution in [3.63, 3.8) is 0 Å². The normalized spacial score (nSPS) is 12.1. The Kier molecular flexibility index (Phi) is 5.90. The molecule has 0 aliphatic heterocycles. The zero-order valence-corrected chi connectivity index (χ0v) is 15.5. The first-order valence-electron chi connectivity index (χ1n) is 6.35. The number of halogens is 8. The van der Waals surface area contributed by atoms with Crippen LogP contribution in [0.1, 0.15) is 16.8 Å². The maximum Gasteiger partial charge on any atom is 0.422 e. The van der Waals surface area contributed by atoms with Crippen LogP contribution in [-0.2, 0) is 23.8 Å². The van der Waals surface area contributed by atoms with E-state index in [2.05, 4.69) is 21.7 Å². The fraction of sp³-hybridized carbons (Fsp3) is 0.167. The van der Waals surface area contributed by atoms with Crippen LogP contribution >= 0.6 is 35.4 Å². The number of aromatic nitrogens is 2. The number of rotatable bonds is 2. The molecule has 0 aliphatic rings. The lowest BCUT2D eigenvalue weighted by Gasteiger charge is -2.13. The second-order valence-electron chi connectivity index (χ2n) is 4.78. The molecule has 0 saturated heterocycles. The lowest BCUT2D eigenvalue weighted by atomic mass is 10.2. The van der Waals surface area contributed by atoms with Crippen LogP contribution in [-0.4, -0.2) is 19.0 Å². The third-order valence-electron chi connectivity index (χ3n) is 3.08. The standard InChI is InChI=1S/C12H4Cl2F6N4OS2/c13-4-1-3(11(15,16)17)2-5(14)8(4)24-9(21)6(12(18,19)20)7(22-24)10(26)23-27-25/h1-2H,21H2. The molecule has 0 atom stereocenters. The molecule has 5 nitrogen and oxygen atoms in total. The van der Waals surface area contributed by atoms with E-state index in [-0.39, 0.29) is 0 Å². The van der Waals surface area contributed by atoms with Crippen molar-refractivity contribution in [2.45, 2.75) is 12.4 Å². The van der Waals surface area contributed by atoms with Crippen molar-refractivity contribution in [2.24, 2.45) is 4.36 Å². The van der Waals surface area contributed by atoms with Gasteiger partial charge < -0.3 is 5.73 Å². The first-order valence-corrected chi connectivity index (χ1v) is 8.22. The van der Waals surface area contributed by atoms with Gasteiger partial charge in [-0.2, -0.15) is 35.7 Å². The van der Waals surface area contributed by atoms with Gasteiger partial charge in [0, 0.05) is 0 Å². The van der Waals surface area contributed by atoms with Crippen molar-refractivity contribution in [2.75, 3.05) is 5.73 Å². The van der Waals surface area contributed by atoms with E-state index in [0.717, 1.165) is 0 Å².